The van der Waals surface area contributed by atoms with E-state index in [0.29, 0.717) is 44.4 Å². The first-order chi connectivity index (χ1) is 18.6. The highest BCUT2D eigenvalue weighted by Crippen LogP contribution is 2.32. The Morgan fingerprint density at radius 2 is 1.90 bits per heavy atom. The maximum Gasteiger partial charge on any atom is 0.409 e. The Labute approximate surface area is 228 Å². The number of aromatic nitrogens is 2. The second kappa shape index (κ2) is 12.4. The molecule has 0 saturated carbocycles. The zero-order valence-electron chi connectivity index (χ0n) is 23.2. The van der Waals surface area contributed by atoms with Gasteiger partial charge in [-0.1, -0.05) is 45.0 Å². The SMILES string of the molecule is CCNC(=O)OC1CN(CCOc2ccc(NC(=O)Nc3cc(C(C)(C)C)nn3C)c3ccccc23)CCO1. The second-order valence-electron chi connectivity index (χ2n) is 10.4. The molecule has 4 rings (SSSR count). The van der Waals surface area contributed by atoms with Gasteiger partial charge in [0.15, 0.2) is 0 Å². The molecule has 2 aromatic carbocycles. The number of carbonyl (C=O) groups is 2. The first kappa shape index (κ1) is 28.2. The number of amides is 3. The van der Waals surface area contributed by atoms with E-state index in [2.05, 4.69) is 46.7 Å². The highest BCUT2D eigenvalue weighted by molar-refractivity contribution is 6.07. The van der Waals surface area contributed by atoms with Gasteiger partial charge >= 0.3 is 12.1 Å². The predicted octanol–water partition coefficient (Wildman–Crippen LogP) is 4.30. The van der Waals surface area contributed by atoms with E-state index in [1.165, 1.54) is 0 Å². The maximum atomic E-state index is 12.9. The lowest BCUT2D eigenvalue weighted by Gasteiger charge is -2.32. The molecule has 1 fully saturated rings. The predicted molar refractivity (Wildman–Crippen MR) is 150 cm³/mol. The minimum Gasteiger partial charge on any atom is -0.492 e. The summed E-state index contributed by atoms with van der Waals surface area (Å²) in [6, 6.07) is 13.0. The summed E-state index contributed by atoms with van der Waals surface area (Å²) in [4.78, 5) is 26.7. The van der Waals surface area contributed by atoms with E-state index >= 15 is 0 Å². The number of carbonyl (C=O) groups excluding carboxylic acids is 2. The summed E-state index contributed by atoms with van der Waals surface area (Å²) in [5.41, 5.74) is 1.45. The lowest BCUT2D eigenvalue weighted by molar-refractivity contribution is -0.148. The summed E-state index contributed by atoms with van der Waals surface area (Å²) in [5.74, 6) is 1.34. The van der Waals surface area contributed by atoms with Crippen LogP contribution in [0.4, 0.5) is 21.1 Å². The fourth-order valence-electron chi connectivity index (χ4n) is 4.26. The fraction of sp³-hybridized carbons (Fsp3) is 0.464. The smallest absolute Gasteiger partial charge is 0.409 e. The van der Waals surface area contributed by atoms with Gasteiger partial charge in [0.2, 0.25) is 6.29 Å². The topological polar surface area (TPSA) is 119 Å². The molecule has 1 unspecified atom stereocenters. The number of urea groups is 1. The van der Waals surface area contributed by atoms with Crippen LogP contribution in [0.25, 0.3) is 10.8 Å². The molecule has 210 valence electrons. The van der Waals surface area contributed by atoms with E-state index < -0.39 is 12.4 Å². The molecule has 0 aliphatic carbocycles. The largest absolute Gasteiger partial charge is 0.492 e. The van der Waals surface area contributed by atoms with Gasteiger partial charge in [0.25, 0.3) is 0 Å². The van der Waals surface area contributed by atoms with Crippen molar-refractivity contribution in [2.75, 3.05) is 50.0 Å². The Morgan fingerprint density at radius 1 is 1.13 bits per heavy atom. The molecule has 0 spiro atoms. The number of morpholine rings is 1. The molecule has 39 heavy (non-hydrogen) atoms. The van der Waals surface area contributed by atoms with E-state index in [4.69, 9.17) is 14.2 Å². The van der Waals surface area contributed by atoms with Gasteiger partial charge in [-0.05, 0) is 19.1 Å². The van der Waals surface area contributed by atoms with Gasteiger partial charge in [0, 0.05) is 48.9 Å². The number of hydrogen-bond acceptors (Lipinski definition) is 7. The van der Waals surface area contributed by atoms with Crippen molar-refractivity contribution in [3.05, 3.63) is 48.2 Å². The van der Waals surface area contributed by atoms with Crippen LogP contribution in [0.3, 0.4) is 0 Å². The monoisotopic (exact) mass is 538 g/mol. The Kier molecular flexibility index (Phi) is 8.93. The van der Waals surface area contributed by atoms with Crippen LogP contribution in [0, 0.1) is 0 Å². The Morgan fingerprint density at radius 3 is 2.62 bits per heavy atom. The number of nitrogens with one attached hydrogen (secondary N) is 3. The Balaban J connectivity index is 1.36. The minimum atomic E-state index is -0.603. The lowest BCUT2D eigenvalue weighted by Crippen LogP contribution is -2.46. The van der Waals surface area contributed by atoms with Crippen molar-refractivity contribution >= 4 is 34.4 Å². The van der Waals surface area contributed by atoms with E-state index in [-0.39, 0.29) is 11.4 Å². The Hall–Kier alpha value is -3.83. The highest BCUT2D eigenvalue weighted by Gasteiger charge is 2.24. The van der Waals surface area contributed by atoms with Crippen molar-refractivity contribution < 1.29 is 23.8 Å². The third-order valence-electron chi connectivity index (χ3n) is 6.37. The van der Waals surface area contributed by atoms with Crippen molar-refractivity contribution in [1.29, 1.82) is 0 Å². The van der Waals surface area contributed by atoms with Crippen LogP contribution < -0.4 is 20.7 Å². The molecular formula is C28H38N6O5. The molecule has 3 aromatic rings. The number of ether oxygens (including phenoxy) is 3. The average Bonchev–Trinajstić information content (AvgIpc) is 3.26. The zero-order chi connectivity index (χ0) is 28.0. The molecule has 2 heterocycles. The van der Waals surface area contributed by atoms with Crippen LogP contribution in [-0.4, -0.2) is 72.5 Å². The van der Waals surface area contributed by atoms with E-state index in [1.54, 1.807) is 11.7 Å². The maximum absolute atomic E-state index is 12.9. The molecule has 11 nitrogen and oxygen atoms in total. The molecule has 1 aliphatic rings. The molecule has 11 heteroatoms. The standard InChI is InChI=1S/C28H38N6O5/c1-6-29-27(36)39-25-18-34(14-16-38-25)13-15-37-22-12-11-21(19-9-7-8-10-20(19)22)30-26(35)31-24-17-23(28(2,3)4)32-33(24)5/h7-12,17,25H,6,13-16,18H2,1-5H3,(H,29,36)(H2,30,31,35). The zero-order valence-corrected chi connectivity index (χ0v) is 23.2. The lowest BCUT2D eigenvalue weighted by atomic mass is 9.92. The van der Waals surface area contributed by atoms with Crippen LogP contribution >= 0.6 is 0 Å². The second-order valence-corrected chi connectivity index (χ2v) is 10.4. The number of fused-ring (bicyclic) bond motifs is 1. The fourth-order valence-corrected chi connectivity index (χ4v) is 4.26. The summed E-state index contributed by atoms with van der Waals surface area (Å²) in [5, 5.41) is 14.7. The van der Waals surface area contributed by atoms with Crippen LogP contribution in [0.15, 0.2) is 42.5 Å². The summed E-state index contributed by atoms with van der Waals surface area (Å²) < 4.78 is 18.6. The Bertz CT molecular complexity index is 1300. The van der Waals surface area contributed by atoms with Gasteiger partial charge in [-0.2, -0.15) is 5.10 Å². The summed E-state index contributed by atoms with van der Waals surface area (Å²) in [6.45, 7) is 11.3. The van der Waals surface area contributed by atoms with E-state index in [1.807, 2.05) is 49.4 Å². The van der Waals surface area contributed by atoms with Crippen molar-refractivity contribution in [3.63, 3.8) is 0 Å². The summed E-state index contributed by atoms with van der Waals surface area (Å²) >= 11 is 0. The van der Waals surface area contributed by atoms with Crippen LogP contribution in [0.2, 0.25) is 0 Å². The van der Waals surface area contributed by atoms with Crippen LogP contribution in [-0.2, 0) is 21.9 Å². The van der Waals surface area contributed by atoms with E-state index in [0.717, 1.165) is 28.8 Å². The molecule has 0 bridgehead atoms. The molecule has 1 atom stereocenters. The number of rotatable bonds is 8. The molecule has 3 amide bonds. The first-order valence-electron chi connectivity index (χ1n) is 13.2. The van der Waals surface area contributed by atoms with Crippen molar-refractivity contribution in [3.8, 4) is 5.75 Å². The average molecular weight is 539 g/mol. The molecule has 1 aromatic heterocycles. The van der Waals surface area contributed by atoms with Gasteiger partial charge in [0.05, 0.1) is 24.5 Å². The van der Waals surface area contributed by atoms with E-state index in [9.17, 15) is 9.59 Å². The van der Waals surface area contributed by atoms with Gasteiger partial charge in [-0.15, -0.1) is 0 Å². The van der Waals surface area contributed by atoms with Crippen LogP contribution in [0.1, 0.15) is 33.4 Å². The first-order valence-corrected chi connectivity index (χ1v) is 13.2. The van der Waals surface area contributed by atoms with Crippen molar-refractivity contribution in [2.24, 2.45) is 7.05 Å². The molecular weight excluding hydrogens is 500 g/mol. The van der Waals surface area contributed by atoms with Crippen molar-refractivity contribution in [1.82, 2.24) is 20.0 Å². The van der Waals surface area contributed by atoms with Gasteiger partial charge in [-0.25, -0.2) is 9.59 Å². The molecule has 1 saturated heterocycles. The summed E-state index contributed by atoms with van der Waals surface area (Å²) in [6.07, 6.45) is -1.08. The number of anilines is 2. The summed E-state index contributed by atoms with van der Waals surface area (Å²) in [7, 11) is 1.81. The third kappa shape index (κ3) is 7.39. The molecule has 1 aliphatic heterocycles. The number of hydrogen-bond donors (Lipinski definition) is 3. The normalized spacial score (nSPS) is 16.1. The number of aryl methyl sites for hydroxylation is 1. The molecule has 0 radical (unpaired) electrons. The number of nitrogens with zero attached hydrogens (tertiary/aromatic N) is 3. The highest BCUT2D eigenvalue weighted by atomic mass is 16.7. The quantitative estimate of drug-likeness (QED) is 0.391. The van der Waals surface area contributed by atoms with Gasteiger partial charge in [-0.3, -0.25) is 14.9 Å². The van der Waals surface area contributed by atoms with Crippen molar-refractivity contribution in [2.45, 2.75) is 39.4 Å². The van der Waals surface area contributed by atoms with Gasteiger partial charge in [0.1, 0.15) is 18.2 Å². The third-order valence-corrected chi connectivity index (χ3v) is 6.37. The minimum absolute atomic E-state index is 0.122. The number of benzene rings is 2. The van der Waals surface area contributed by atoms with Crippen LogP contribution in [0.5, 0.6) is 5.75 Å². The number of alkyl carbamates (subject to hydrolysis) is 1. The van der Waals surface area contributed by atoms with Gasteiger partial charge < -0.3 is 24.8 Å². The molecule has 3 N–H and O–H groups in total.